The molecule has 0 saturated heterocycles. The minimum Gasteiger partial charge on any atom is -0.384 e. The van der Waals surface area contributed by atoms with E-state index < -0.39 is 0 Å². The number of hydrogen-bond acceptors (Lipinski definition) is 2. The van der Waals surface area contributed by atoms with E-state index in [0.717, 1.165) is 22.6 Å². The third kappa shape index (κ3) is 1.90. The van der Waals surface area contributed by atoms with Crippen LogP contribution in [0, 0.1) is 33.1 Å². The molecule has 0 amide bonds. The molecule has 18 heavy (non-hydrogen) atoms. The molecule has 0 aliphatic heterocycles. The number of rotatable bonds is 2. The van der Waals surface area contributed by atoms with Crippen LogP contribution in [0.4, 0.5) is 0 Å². The summed E-state index contributed by atoms with van der Waals surface area (Å²) >= 11 is 0. The number of nitrogens with two attached hydrogens (primary N) is 1. The minimum absolute atomic E-state index is 0.0650. The Kier molecular flexibility index (Phi) is 2.95. The van der Waals surface area contributed by atoms with Crippen molar-refractivity contribution in [1.82, 2.24) is 9.78 Å². The lowest BCUT2D eigenvalue weighted by atomic mass is 10.1. The second-order valence-electron chi connectivity index (χ2n) is 4.64. The van der Waals surface area contributed by atoms with Crippen molar-refractivity contribution in [3.63, 3.8) is 0 Å². The zero-order valence-corrected chi connectivity index (χ0v) is 11.2. The standard InChI is InChI=1S/C14H18N4/c1-8-5-6-12(14(15)16)13(7-8)18-11(4)9(2)10(3)17-18/h5-7H,1-4H3,(H3,15,16). The van der Waals surface area contributed by atoms with Gasteiger partial charge in [-0.3, -0.25) is 5.41 Å². The van der Waals surface area contributed by atoms with Gasteiger partial charge in [-0.1, -0.05) is 6.07 Å². The fourth-order valence-electron chi connectivity index (χ4n) is 2.00. The summed E-state index contributed by atoms with van der Waals surface area (Å²) in [6, 6.07) is 5.84. The summed E-state index contributed by atoms with van der Waals surface area (Å²) in [5.74, 6) is 0.0650. The molecular formula is C14H18N4. The minimum atomic E-state index is 0.0650. The Morgan fingerprint density at radius 3 is 2.39 bits per heavy atom. The van der Waals surface area contributed by atoms with E-state index in [0.29, 0.717) is 5.56 Å². The molecule has 0 aliphatic rings. The second-order valence-corrected chi connectivity index (χ2v) is 4.64. The van der Waals surface area contributed by atoms with Crippen molar-refractivity contribution in [3.8, 4) is 5.69 Å². The van der Waals surface area contributed by atoms with Crippen LogP contribution in [-0.4, -0.2) is 15.6 Å². The molecule has 0 saturated carbocycles. The highest BCUT2D eigenvalue weighted by atomic mass is 15.3. The van der Waals surface area contributed by atoms with Gasteiger partial charge in [0.15, 0.2) is 0 Å². The molecule has 0 aliphatic carbocycles. The van der Waals surface area contributed by atoms with Gasteiger partial charge in [0.05, 0.1) is 11.4 Å². The van der Waals surface area contributed by atoms with Crippen LogP contribution in [0.5, 0.6) is 0 Å². The molecule has 0 radical (unpaired) electrons. The summed E-state index contributed by atoms with van der Waals surface area (Å²) in [4.78, 5) is 0. The third-order valence-electron chi connectivity index (χ3n) is 3.32. The molecule has 3 N–H and O–H groups in total. The number of benzene rings is 1. The van der Waals surface area contributed by atoms with Gasteiger partial charge in [0.25, 0.3) is 0 Å². The van der Waals surface area contributed by atoms with E-state index in [2.05, 4.69) is 12.0 Å². The van der Waals surface area contributed by atoms with Gasteiger partial charge in [-0.25, -0.2) is 4.68 Å². The molecule has 94 valence electrons. The molecule has 4 nitrogen and oxygen atoms in total. The summed E-state index contributed by atoms with van der Waals surface area (Å²) in [7, 11) is 0. The first kappa shape index (κ1) is 12.4. The molecule has 2 aromatic rings. The van der Waals surface area contributed by atoms with Crippen LogP contribution < -0.4 is 5.73 Å². The Morgan fingerprint density at radius 1 is 1.22 bits per heavy atom. The van der Waals surface area contributed by atoms with Crippen LogP contribution in [0.2, 0.25) is 0 Å². The smallest absolute Gasteiger partial charge is 0.124 e. The fraction of sp³-hybridized carbons (Fsp3) is 0.286. The average molecular weight is 242 g/mol. The highest BCUT2D eigenvalue weighted by Gasteiger charge is 2.13. The van der Waals surface area contributed by atoms with Crippen molar-refractivity contribution in [2.75, 3.05) is 0 Å². The van der Waals surface area contributed by atoms with Crippen molar-refractivity contribution >= 4 is 5.84 Å². The zero-order valence-electron chi connectivity index (χ0n) is 11.2. The molecule has 4 heteroatoms. The van der Waals surface area contributed by atoms with Crippen LogP contribution in [0.1, 0.15) is 28.1 Å². The van der Waals surface area contributed by atoms with Crippen molar-refractivity contribution in [1.29, 1.82) is 5.41 Å². The van der Waals surface area contributed by atoms with Crippen molar-refractivity contribution in [3.05, 3.63) is 46.3 Å². The zero-order chi connectivity index (χ0) is 13.4. The maximum atomic E-state index is 7.66. The Hall–Kier alpha value is -2.10. The predicted octanol–water partition coefficient (Wildman–Crippen LogP) is 2.39. The quantitative estimate of drug-likeness (QED) is 0.627. The van der Waals surface area contributed by atoms with E-state index in [4.69, 9.17) is 11.1 Å². The monoisotopic (exact) mass is 242 g/mol. The molecule has 0 unspecified atom stereocenters. The first-order chi connectivity index (χ1) is 8.41. The van der Waals surface area contributed by atoms with Crippen LogP contribution in [0.25, 0.3) is 5.69 Å². The van der Waals surface area contributed by atoms with E-state index >= 15 is 0 Å². The van der Waals surface area contributed by atoms with Crippen molar-refractivity contribution in [2.24, 2.45) is 5.73 Å². The maximum Gasteiger partial charge on any atom is 0.124 e. The van der Waals surface area contributed by atoms with Crippen LogP contribution in [0.3, 0.4) is 0 Å². The summed E-state index contributed by atoms with van der Waals surface area (Å²) < 4.78 is 1.87. The largest absolute Gasteiger partial charge is 0.384 e. The van der Waals surface area contributed by atoms with Crippen LogP contribution in [0.15, 0.2) is 18.2 Å². The fourth-order valence-corrected chi connectivity index (χ4v) is 2.00. The van der Waals surface area contributed by atoms with Crippen LogP contribution in [-0.2, 0) is 0 Å². The molecule has 1 aromatic heterocycles. The Bertz CT molecular complexity index is 623. The summed E-state index contributed by atoms with van der Waals surface area (Å²) in [6.45, 7) is 8.09. The lowest BCUT2D eigenvalue weighted by Crippen LogP contribution is -2.16. The predicted molar refractivity (Wildman–Crippen MR) is 73.5 cm³/mol. The topological polar surface area (TPSA) is 67.7 Å². The van der Waals surface area contributed by atoms with E-state index in [-0.39, 0.29) is 5.84 Å². The van der Waals surface area contributed by atoms with Gasteiger partial charge in [-0.05, 0) is 51.0 Å². The lowest BCUT2D eigenvalue weighted by Gasteiger charge is -2.11. The molecular weight excluding hydrogens is 224 g/mol. The summed E-state index contributed by atoms with van der Waals surface area (Å²) in [5, 5.41) is 12.2. The summed E-state index contributed by atoms with van der Waals surface area (Å²) in [6.07, 6.45) is 0. The highest BCUT2D eigenvalue weighted by Crippen LogP contribution is 2.21. The van der Waals surface area contributed by atoms with E-state index in [1.807, 2.05) is 43.7 Å². The van der Waals surface area contributed by atoms with E-state index in [1.54, 1.807) is 0 Å². The molecule has 0 bridgehead atoms. The van der Waals surface area contributed by atoms with Gasteiger partial charge in [0.1, 0.15) is 5.84 Å². The van der Waals surface area contributed by atoms with Gasteiger partial charge in [-0.15, -0.1) is 0 Å². The molecule has 2 rings (SSSR count). The molecule has 0 atom stereocenters. The average Bonchev–Trinajstić information content (AvgIpc) is 2.56. The number of aryl methyl sites for hydroxylation is 2. The number of nitrogen functional groups attached to an aromatic ring is 1. The normalized spacial score (nSPS) is 10.7. The van der Waals surface area contributed by atoms with Gasteiger partial charge in [-0.2, -0.15) is 5.10 Å². The Labute approximate surface area is 107 Å². The molecule has 1 heterocycles. The molecule has 1 aromatic carbocycles. The number of aromatic nitrogens is 2. The first-order valence-corrected chi connectivity index (χ1v) is 5.90. The second kappa shape index (κ2) is 4.29. The van der Waals surface area contributed by atoms with Crippen molar-refractivity contribution in [2.45, 2.75) is 27.7 Å². The first-order valence-electron chi connectivity index (χ1n) is 5.90. The number of nitrogens with one attached hydrogen (secondary N) is 1. The van der Waals surface area contributed by atoms with Gasteiger partial charge in [0.2, 0.25) is 0 Å². The Balaban J connectivity index is 2.73. The molecule has 0 spiro atoms. The Morgan fingerprint density at radius 2 is 1.89 bits per heavy atom. The summed E-state index contributed by atoms with van der Waals surface area (Å²) in [5.41, 5.74) is 11.6. The van der Waals surface area contributed by atoms with E-state index in [1.165, 1.54) is 5.56 Å². The number of hydrogen-bond donors (Lipinski definition) is 2. The lowest BCUT2D eigenvalue weighted by molar-refractivity contribution is 0.830. The number of amidine groups is 1. The van der Waals surface area contributed by atoms with Crippen LogP contribution >= 0.6 is 0 Å². The van der Waals surface area contributed by atoms with Gasteiger partial charge in [0, 0.05) is 11.3 Å². The SMILES string of the molecule is Cc1ccc(C(=N)N)c(-n2nc(C)c(C)c2C)c1. The molecule has 0 fully saturated rings. The maximum absolute atomic E-state index is 7.66. The van der Waals surface area contributed by atoms with Crippen molar-refractivity contribution < 1.29 is 0 Å². The number of nitrogens with zero attached hydrogens (tertiary/aromatic N) is 2. The van der Waals surface area contributed by atoms with E-state index in [9.17, 15) is 0 Å². The third-order valence-corrected chi connectivity index (χ3v) is 3.32. The van der Waals surface area contributed by atoms with Gasteiger partial charge < -0.3 is 5.73 Å². The highest BCUT2D eigenvalue weighted by molar-refractivity contribution is 5.98. The van der Waals surface area contributed by atoms with Gasteiger partial charge >= 0.3 is 0 Å².